The molecule has 1 aromatic carbocycles. The minimum atomic E-state index is -3.75. The van der Waals surface area contributed by atoms with E-state index in [4.69, 9.17) is 9.66 Å². The summed E-state index contributed by atoms with van der Waals surface area (Å²) < 4.78 is 27.1. The van der Waals surface area contributed by atoms with Gasteiger partial charge in [0, 0.05) is 18.8 Å². The molecule has 0 saturated carbocycles. The third-order valence-corrected chi connectivity index (χ3v) is 3.63. The van der Waals surface area contributed by atoms with E-state index in [0.29, 0.717) is 11.4 Å². The number of aromatic nitrogens is 1. The first-order valence-corrected chi connectivity index (χ1v) is 7.18. The highest BCUT2D eigenvalue weighted by molar-refractivity contribution is 7.89. The standard InChI is InChI=1S/C12H13N3O4S/c1-8-7-11(14-19-8)12(16)15(2)9-3-5-10(6-4-9)20(13,17)18/h3-7H,1-2H3,(H2,13,17,18). The summed E-state index contributed by atoms with van der Waals surface area (Å²) in [4.78, 5) is 13.4. The minimum Gasteiger partial charge on any atom is -0.361 e. The number of carbonyl (C=O) groups excluding carboxylic acids is 1. The minimum absolute atomic E-state index is 0.0145. The summed E-state index contributed by atoms with van der Waals surface area (Å²) in [5.74, 6) is 0.177. The molecule has 0 saturated heterocycles. The predicted octanol–water partition coefficient (Wildman–Crippen LogP) is 0.907. The molecule has 0 aliphatic carbocycles. The van der Waals surface area contributed by atoms with Crippen molar-refractivity contribution >= 4 is 21.6 Å². The predicted molar refractivity (Wildman–Crippen MR) is 71.8 cm³/mol. The van der Waals surface area contributed by atoms with Crippen LogP contribution in [0, 0.1) is 6.92 Å². The van der Waals surface area contributed by atoms with Crippen molar-refractivity contribution in [1.29, 1.82) is 0 Å². The number of hydrogen-bond donors (Lipinski definition) is 1. The Labute approximate surface area is 116 Å². The first-order valence-electron chi connectivity index (χ1n) is 5.63. The Morgan fingerprint density at radius 1 is 1.30 bits per heavy atom. The number of benzene rings is 1. The van der Waals surface area contributed by atoms with Crippen LogP contribution in [0.4, 0.5) is 5.69 Å². The third kappa shape index (κ3) is 2.86. The molecule has 2 rings (SSSR count). The van der Waals surface area contributed by atoms with E-state index >= 15 is 0 Å². The summed E-state index contributed by atoms with van der Waals surface area (Å²) in [7, 11) is -2.19. The quantitative estimate of drug-likeness (QED) is 0.905. The monoisotopic (exact) mass is 295 g/mol. The van der Waals surface area contributed by atoms with Crippen molar-refractivity contribution in [1.82, 2.24) is 5.16 Å². The Bertz CT molecular complexity index is 734. The number of anilines is 1. The Kier molecular flexibility index (Phi) is 3.60. The van der Waals surface area contributed by atoms with Gasteiger partial charge >= 0.3 is 0 Å². The van der Waals surface area contributed by atoms with E-state index in [2.05, 4.69) is 5.16 Å². The molecule has 2 aromatic rings. The van der Waals surface area contributed by atoms with Gasteiger partial charge in [-0.15, -0.1) is 0 Å². The molecule has 1 amide bonds. The molecule has 0 radical (unpaired) electrons. The molecule has 20 heavy (non-hydrogen) atoms. The van der Waals surface area contributed by atoms with Crippen molar-refractivity contribution in [3.05, 3.63) is 41.8 Å². The highest BCUT2D eigenvalue weighted by atomic mass is 32.2. The van der Waals surface area contributed by atoms with Crippen LogP contribution in [0.3, 0.4) is 0 Å². The third-order valence-electron chi connectivity index (χ3n) is 2.70. The van der Waals surface area contributed by atoms with Crippen molar-refractivity contribution in [2.24, 2.45) is 5.14 Å². The fraction of sp³-hybridized carbons (Fsp3) is 0.167. The number of aryl methyl sites for hydroxylation is 1. The molecule has 0 atom stereocenters. The normalized spacial score (nSPS) is 11.3. The molecule has 0 spiro atoms. The number of hydrogen-bond acceptors (Lipinski definition) is 5. The fourth-order valence-electron chi connectivity index (χ4n) is 1.62. The van der Waals surface area contributed by atoms with Crippen molar-refractivity contribution in [3.63, 3.8) is 0 Å². The first kappa shape index (κ1) is 14.2. The number of amides is 1. The largest absolute Gasteiger partial charge is 0.361 e. The van der Waals surface area contributed by atoms with E-state index in [1.54, 1.807) is 14.0 Å². The number of primary sulfonamides is 1. The Morgan fingerprint density at radius 2 is 1.90 bits per heavy atom. The van der Waals surface area contributed by atoms with Crippen LogP contribution >= 0.6 is 0 Å². The van der Waals surface area contributed by atoms with E-state index in [9.17, 15) is 13.2 Å². The highest BCUT2D eigenvalue weighted by Crippen LogP contribution is 2.18. The van der Waals surface area contributed by atoms with E-state index in [0.717, 1.165) is 0 Å². The van der Waals surface area contributed by atoms with Crippen LogP contribution in [0.1, 0.15) is 16.2 Å². The lowest BCUT2D eigenvalue weighted by atomic mass is 10.2. The summed E-state index contributed by atoms with van der Waals surface area (Å²) in [6.45, 7) is 1.69. The zero-order chi connectivity index (χ0) is 14.9. The first-order chi connectivity index (χ1) is 9.29. The SMILES string of the molecule is Cc1cc(C(=O)N(C)c2ccc(S(N)(=O)=O)cc2)no1. The van der Waals surface area contributed by atoms with Gasteiger partial charge in [-0.05, 0) is 31.2 Å². The van der Waals surface area contributed by atoms with Gasteiger partial charge in [0.15, 0.2) is 5.69 Å². The van der Waals surface area contributed by atoms with Crippen LogP contribution in [0.25, 0.3) is 0 Å². The van der Waals surface area contributed by atoms with E-state index < -0.39 is 10.0 Å². The number of sulfonamides is 1. The average molecular weight is 295 g/mol. The van der Waals surface area contributed by atoms with Crippen molar-refractivity contribution in [2.45, 2.75) is 11.8 Å². The Morgan fingerprint density at radius 3 is 2.35 bits per heavy atom. The maximum atomic E-state index is 12.1. The van der Waals surface area contributed by atoms with Gasteiger partial charge in [0.25, 0.3) is 5.91 Å². The molecule has 7 nitrogen and oxygen atoms in total. The van der Waals surface area contributed by atoms with Crippen LogP contribution in [0.5, 0.6) is 0 Å². The van der Waals surface area contributed by atoms with Crippen molar-refractivity contribution in [3.8, 4) is 0 Å². The van der Waals surface area contributed by atoms with Gasteiger partial charge in [-0.3, -0.25) is 4.79 Å². The summed E-state index contributed by atoms with van der Waals surface area (Å²) in [6.07, 6.45) is 0. The van der Waals surface area contributed by atoms with Crippen LogP contribution in [-0.2, 0) is 10.0 Å². The maximum absolute atomic E-state index is 12.1. The second-order valence-corrected chi connectivity index (χ2v) is 5.79. The molecule has 1 heterocycles. The average Bonchev–Trinajstić information content (AvgIpc) is 2.83. The van der Waals surface area contributed by atoms with Gasteiger partial charge in [-0.1, -0.05) is 5.16 Å². The molecule has 8 heteroatoms. The van der Waals surface area contributed by atoms with Gasteiger partial charge in [-0.25, -0.2) is 13.6 Å². The number of rotatable bonds is 3. The molecule has 0 aliphatic rings. The van der Waals surface area contributed by atoms with Crippen LogP contribution < -0.4 is 10.0 Å². The van der Waals surface area contributed by atoms with Gasteiger partial charge in [-0.2, -0.15) is 0 Å². The van der Waals surface area contributed by atoms with Crippen LogP contribution in [-0.4, -0.2) is 26.5 Å². The summed E-state index contributed by atoms with van der Waals surface area (Å²) in [5, 5.41) is 8.64. The van der Waals surface area contributed by atoms with E-state index in [1.807, 2.05) is 0 Å². The number of nitrogens with two attached hydrogens (primary N) is 1. The Hall–Kier alpha value is -2.19. The molecule has 0 bridgehead atoms. The summed E-state index contributed by atoms with van der Waals surface area (Å²) in [5.41, 5.74) is 0.698. The van der Waals surface area contributed by atoms with Crippen LogP contribution in [0.2, 0.25) is 0 Å². The lowest BCUT2D eigenvalue weighted by Gasteiger charge is -2.15. The van der Waals surface area contributed by atoms with Gasteiger partial charge in [0.2, 0.25) is 10.0 Å². The maximum Gasteiger partial charge on any atom is 0.280 e. The Balaban J connectivity index is 2.25. The van der Waals surface area contributed by atoms with E-state index in [-0.39, 0.29) is 16.5 Å². The topological polar surface area (TPSA) is 106 Å². The molecular formula is C12H13N3O4S. The number of nitrogens with zero attached hydrogens (tertiary/aromatic N) is 2. The molecular weight excluding hydrogens is 282 g/mol. The molecule has 1 aromatic heterocycles. The zero-order valence-electron chi connectivity index (χ0n) is 10.9. The fourth-order valence-corrected chi connectivity index (χ4v) is 2.13. The zero-order valence-corrected chi connectivity index (χ0v) is 11.7. The van der Waals surface area contributed by atoms with Gasteiger partial charge < -0.3 is 9.42 Å². The molecule has 0 fully saturated rings. The second-order valence-electron chi connectivity index (χ2n) is 4.23. The lowest BCUT2D eigenvalue weighted by molar-refractivity contribution is 0.0984. The van der Waals surface area contributed by atoms with Gasteiger partial charge in [0.05, 0.1) is 4.90 Å². The molecule has 0 aliphatic heterocycles. The molecule has 2 N–H and O–H groups in total. The molecule has 0 unspecified atom stereocenters. The van der Waals surface area contributed by atoms with Crippen molar-refractivity contribution < 1.29 is 17.7 Å². The van der Waals surface area contributed by atoms with Gasteiger partial charge in [0.1, 0.15) is 5.76 Å². The smallest absolute Gasteiger partial charge is 0.280 e. The highest BCUT2D eigenvalue weighted by Gasteiger charge is 2.18. The second kappa shape index (κ2) is 5.06. The van der Waals surface area contributed by atoms with E-state index in [1.165, 1.54) is 35.2 Å². The summed E-state index contributed by atoms with van der Waals surface area (Å²) >= 11 is 0. The lowest BCUT2D eigenvalue weighted by Crippen LogP contribution is -2.26. The summed E-state index contributed by atoms with van der Waals surface area (Å²) in [6, 6.07) is 7.18. The van der Waals surface area contributed by atoms with Crippen molar-refractivity contribution in [2.75, 3.05) is 11.9 Å². The number of carbonyl (C=O) groups is 1. The molecule has 106 valence electrons. The van der Waals surface area contributed by atoms with Crippen LogP contribution in [0.15, 0.2) is 39.8 Å².